The van der Waals surface area contributed by atoms with Gasteiger partial charge in [0, 0.05) is 5.38 Å². The molecule has 1 aliphatic rings. The average Bonchev–Trinajstić information content (AvgIpc) is 2.86. The standard InChI is InChI=1S/C10H11NO4S/c12-9(11-6-3-4-16-5-6)7-1-2-8(15-7)10(13)14/h3-5,7-8H,1-2H2,(H,11,12)(H,13,14)/t7-,8+/m0/s1. The van der Waals surface area contributed by atoms with Gasteiger partial charge in [-0.25, -0.2) is 4.79 Å². The average molecular weight is 241 g/mol. The van der Waals surface area contributed by atoms with Crippen LogP contribution in [0.3, 0.4) is 0 Å². The number of hydrogen-bond acceptors (Lipinski definition) is 4. The summed E-state index contributed by atoms with van der Waals surface area (Å²) in [4.78, 5) is 22.3. The van der Waals surface area contributed by atoms with E-state index >= 15 is 0 Å². The summed E-state index contributed by atoms with van der Waals surface area (Å²) in [6.07, 6.45) is -0.663. The van der Waals surface area contributed by atoms with E-state index in [1.54, 1.807) is 6.07 Å². The number of carboxylic acids is 1. The molecule has 86 valence electrons. The molecule has 0 aromatic carbocycles. The Kier molecular flexibility index (Phi) is 3.21. The summed E-state index contributed by atoms with van der Waals surface area (Å²) in [5, 5.41) is 15.1. The van der Waals surface area contributed by atoms with Crippen molar-refractivity contribution in [3.63, 3.8) is 0 Å². The van der Waals surface area contributed by atoms with Gasteiger partial charge in [0.05, 0.1) is 5.69 Å². The third kappa shape index (κ3) is 2.40. The van der Waals surface area contributed by atoms with Crippen molar-refractivity contribution in [2.45, 2.75) is 25.0 Å². The summed E-state index contributed by atoms with van der Waals surface area (Å²) < 4.78 is 5.13. The van der Waals surface area contributed by atoms with Crippen molar-refractivity contribution in [2.24, 2.45) is 0 Å². The molecule has 2 heterocycles. The molecule has 0 saturated carbocycles. The van der Waals surface area contributed by atoms with Crippen LogP contribution in [0, 0.1) is 0 Å². The van der Waals surface area contributed by atoms with Crippen LogP contribution in [0.5, 0.6) is 0 Å². The molecule has 1 aromatic rings. The van der Waals surface area contributed by atoms with Crippen LogP contribution in [-0.2, 0) is 14.3 Å². The number of hydrogen-bond donors (Lipinski definition) is 2. The minimum atomic E-state index is -1.01. The Morgan fingerprint density at radius 3 is 2.75 bits per heavy atom. The van der Waals surface area contributed by atoms with Crippen molar-refractivity contribution in [3.05, 3.63) is 16.8 Å². The van der Waals surface area contributed by atoms with Gasteiger partial charge >= 0.3 is 5.97 Å². The normalized spacial score (nSPS) is 24.2. The van der Waals surface area contributed by atoms with Gasteiger partial charge in [-0.15, -0.1) is 0 Å². The Morgan fingerprint density at radius 1 is 1.44 bits per heavy atom. The van der Waals surface area contributed by atoms with Gasteiger partial charge in [-0.05, 0) is 24.3 Å². The van der Waals surface area contributed by atoms with E-state index < -0.39 is 18.2 Å². The van der Waals surface area contributed by atoms with Crippen LogP contribution in [0.1, 0.15) is 12.8 Å². The first kappa shape index (κ1) is 11.1. The lowest BCUT2D eigenvalue weighted by Crippen LogP contribution is -2.29. The number of rotatable bonds is 3. The third-order valence-electron chi connectivity index (χ3n) is 2.38. The lowest BCUT2D eigenvalue weighted by atomic mass is 10.2. The predicted molar refractivity (Wildman–Crippen MR) is 58.5 cm³/mol. The van der Waals surface area contributed by atoms with Gasteiger partial charge in [0.2, 0.25) is 0 Å². The maximum atomic E-state index is 11.7. The highest BCUT2D eigenvalue weighted by Gasteiger charge is 2.34. The smallest absolute Gasteiger partial charge is 0.332 e. The molecule has 1 aromatic heterocycles. The number of amides is 1. The number of carboxylic acid groups (broad SMARTS) is 1. The first-order chi connectivity index (χ1) is 7.66. The minimum absolute atomic E-state index is 0.276. The first-order valence-corrected chi connectivity index (χ1v) is 5.82. The zero-order valence-electron chi connectivity index (χ0n) is 8.38. The van der Waals surface area contributed by atoms with Crippen molar-refractivity contribution < 1.29 is 19.4 Å². The van der Waals surface area contributed by atoms with Gasteiger partial charge in [0.1, 0.15) is 6.10 Å². The molecule has 0 bridgehead atoms. The molecule has 1 aliphatic heterocycles. The van der Waals surface area contributed by atoms with E-state index in [4.69, 9.17) is 9.84 Å². The fraction of sp³-hybridized carbons (Fsp3) is 0.400. The van der Waals surface area contributed by atoms with Crippen molar-refractivity contribution in [3.8, 4) is 0 Å². The molecule has 0 spiro atoms. The lowest BCUT2D eigenvalue weighted by molar-refractivity contribution is -0.150. The van der Waals surface area contributed by atoms with Gasteiger partial charge in [-0.3, -0.25) is 4.79 Å². The summed E-state index contributed by atoms with van der Waals surface area (Å²) in [5.41, 5.74) is 0.720. The van der Waals surface area contributed by atoms with Crippen molar-refractivity contribution in [1.29, 1.82) is 0 Å². The first-order valence-electron chi connectivity index (χ1n) is 4.88. The monoisotopic (exact) mass is 241 g/mol. The minimum Gasteiger partial charge on any atom is -0.479 e. The molecule has 6 heteroatoms. The highest BCUT2D eigenvalue weighted by molar-refractivity contribution is 7.08. The van der Waals surface area contributed by atoms with Crippen molar-refractivity contribution >= 4 is 28.9 Å². The maximum absolute atomic E-state index is 11.7. The Labute approximate surface area is 96.0 Å². The Balaban J connectivity index is 1.90. The Morgan fingerprint density at radius 2 is 2.19 bits per heavy atom. The summed E-state index contributed by atoms with van der Waals surface area (Å²) in [6.45, 7) is 0. The summed E-state index contributed by atoms with van der Waals surface area (Å²) in [5.74, 6) is -1.28. The summed E-state index contributed by atoms with van der Waals surface area (Å²) in [6, 6.07) is 1.78. The number of ether oxygens (including phenoxy) is 1. The zero-order valence-corrected chi connectivity index (χ0v) is 9.20. The van der Waals surface area contributed by atoms with Crippen molar-refractivity contribution in [1.82, 2.24) is 0 Å². The molecule has 5 nitrogen and oxygen atoms in total. The number of carbonyl (C=O) groups excluding carboxylic acids is 1. The van der Waals surface area contributed by atoms with Gasteiger partial charge in [-0.1, -0.05) is 0 Å². The molecule has 16 heavy (non-hydrogen) atoms. The quantitative estimate of drug-likeness (QED) is 0.836. The van der Waals surface area contributed by atoms with E-state index in [1.165, 1.54) is 11.3 Å². The topological polar surface area (TPSA) is 75.6 Å². The van der Waals surface area contributed by atoms with E-state index in [0.717, 1.165) is 5.69 Å². The molecule has 2 atom stereocenters. The van der Waals surface area contributed by atoms with E-state index in [-0.39, 0.29) is 5.91 Å². The largest absolute Gasteiger partial charge is 0.479 e. The highest BCUT2D eigenvalue weighted by Crippen LogP contribution is 2.21. The second-order valence-corrected chi connectivity index (χ2v) is 4.31. The SMILES string of the molecule is O=C(Nc1ccsc1)[C@@H]1CC[C@H](C(=O)O)O1. The second-order valence-electron chi connectivity index (χ2n) is 3.53. The van der Waals surface area contributed by atoms with Gasteiger partial charge < -0.3 is 15.2 Å². The van der Waals surface area contributed by atoms with Crippen molar-refractivity contribution in [2.75, 3.05) is 5.32 Å². The molecule has 0 aliphatic carbocycles. The van der Waals surface area contributed by atoms with Crippen LogP contribution in [0.2, 0.25) is 0 Å². The molecule has 1 saturated heterocycles. The number of anilines is 1. The van der Waals surface area contributed by atoms with Crippen LogP contribution in [0.15, 0.2) is 16.8 Å². The second kappa shape index (κ2) is 4.63. The molecule has 0 unspecified atom stereocenters. The van der Waals surface area contributed by atoms with Gasteiger partial charge in [0.15, 0.2) is 6.10 Å². The van der Waals surface area contributed by atoms with Crippen LogP contribution in [0.4, 0.5) is 5.69 Å². The van der Waals surface area contributed by atoms with Crippen LogP contribution < -0.4 is 5.32 Å². The van der Waals surface area contributed by atoms with Crippen LogP contribution >= 0.6 is 11.3 Å². The van der Waals surface area contributed by atoms with E-state index in [2.05, 4.69) is 5.32 Å². The van der Waals surface area contributed by atoms with Gasteiger partial charge in [-0.2, -0.15) is 11.3 Å². The highest BCUT2D eigenvalue weighted by atomic mass is 32.1. The fourth-order valence-corrected chi connectivity index (χ4v) is 2.16. The van der Waals surface area contributed by atoms with Crippen LogP contribution in [0.25, 0.3) is 0 Å². The summed E-state index contributed by atoms with van der Waals surface area (Å²) >= 11 is 1.48. The molecule has 2 rings (SSSR count). The maximum Gasteiger partial charge on any atom is 0.332 e. The number of thiophene rings is 1. The predicted octanol–water partition coefficient (Wildman–Crippen LogP) is 1.32. The van der Waals surface area contributed by atoms with Gasteiger partial charge in [0.25, 0.3) is 5.91 Å². The Hall–Kier alpha value is -1.40. The number of nitrogens with one attached hydrogen (secondary N) is 1. The summed E-state index contributed by atoms with van der Waals surface area (Å²) in [7, 11) is 0. The lowest BCUT2D eigenvalue weighted by Gasteiger charge is -2.10. The number of aliphatic carboxylic acids is 1. The molecule has 0 radical (unpaired) electrons. The molecular weight excluding hydrogens is 230 g/mol. The van der Waals surface area contributed by atoms with E-state index in [0.29, 0.717) is 12.8 Å². The number of carbonyl (C=O) groups is 2. The van der Waals surface area contributed by atoms with E-state index in [9.17, 15) is 9.59 Å². The fourth-order valence-electron chi connectivity index (χ4n) is 1.57. The molecule has 1 amide bonds. The zero-order chi connectivity index (χ0) is 11.5. The van der Waals surface area contributed by atoms with E-state index in [1.807, 2.05) is 10.8 Å². The Bertz CT molecular complexity index is 390. The van der Waals surface area contributed by atoms with Crippen LogP contribution in [-0.4, -0.2) is 29.2 Å². The third-order valence-corrected chi connectivity index (χ3v) is 3.06. The molecule has 2 N–H and O–H groups in total. The molecular formula is C10H11NO4S. The molecule has 1 fully saturated rings.